The van der Waals surface area contributed by atoms with Crippen LogP contribution in [0.1, 0.15) is 13.8 Å². The van der Waals surface area contributed by atoms with Crippen molar-refractivity contribution in [1.82, 2.24) is 14.9 Å². The van der Waals surface area contributed by atoms with Gasteiger partial charge in [0, 0.05) is 28.9 Å². The fourth-order valence-electron chi connectivity index (χ4n) is 2.29. The van der Waals surface area contributed by atoms with E-state index in [9.17, 15) is 9.59 Å². The Hall–Kier alpha value is -1.64. The number of nitrogens with zero attached hydrogens (tertiary/aromatic N) is 2. The number of thioether (sulfide) groups is 1. The third-order valence-electron chi connectivity index (χ3n) is 3.34. The zero-order chi connectivity index (χ0) is 17.3. The van der Waals surface area contributed by atoms with Crippen molar-refractivity contribution in [3.8, 4) is 10.4 Å². The first-order valence-corrected chi connectivity index (χ1v) is 10.2. The van der Waals surface area contributed by atoms with E-state index in [2.05, 4.69) is 10.3 Å². The zero-order valence-corrected chi connectivity index (χ0v) is 16.0. The van der Waals surface area contributed by atoms with Gasteiger partial charge in [0.2, 0.25) is 5.91 Å². The summed E-state index contributed by atoms with van der Waals surface area (Å²) < 4.78 is 1.53. The Labute approximate surface area is 151 Å². The molecule has 3 heterocycles. The molecule has 0 aromatic carbocycles. The van der Waals surface area contributed by atoms with Crippen molar-refractivity contribution >= 4 is 50.6 Å². The number of nitrogens with one attached hydrogen (secondary N) is 1. The van der Waals surface area contributed by atoms with Crippen LogP contribution in [0.25, 0.3) is 20.7 Å². The van der Waals surface area contributed by atoms with Crippen LogP contribution in [0.4, 0.5) is 0 Å². The summed E-state index contributed by atoms with van der Waals surface area (Å²) >= 11 is 4.35. The Morgan fingerprint density at radius 2 is 2.21 bits per heavy atom. The predicted molar refractivity (Wildman–Crippen MR) is 102 cm³/mol. The second-order valence-electron chi connectivity index (χ2n) is 5.58. The molecule has 0 aliphatic rings. The van der Waals surface area contributed by atoms with Gasteiger partial charge in [-0.2, -0.15) is 0 Å². The maximum Gasteiger partial charge on any atom is 0.263 e. The minimum Gasteiger partial charge on any atom is -0.353 e. The van der Waals surface area contributed by atoms with E-state index in [1.165, 1.54) is 27.7 Å². The lowest BCUT2D eigenvalue weighted by atomic mass is 10.2. The third-order valence-corrected chi connectivity index (χ3v) is 6.15. The van der Waals surface area contributed by atoms with Crippen molar-refractivity contribution in [1.29, 1.82) is 0 Å². The topological polar surface area (TPSA) is 64.0 Å². The minimum atomic E-state index is -0.0728. The number of thiophene rings is 2. The second-order valence-corrected chi connectivity index (χ2v) is 8.32. The molecule has 3 aromatic rings. The van der Waals surface area contributed by atoms with Gasteiger partial charge in [-0.1, -0.05) is 17.8 Å². The lowest BCUT2D eigenvalue weighted by Crippen LogP contribution is -2.31. The summed E-state index contributed by atoms with van der Waals surface area (Å²) in [4.78, 5) is 30.9. The van der Waals surface area contributed by atoms with Gasteiger partial charge in [-0.3, -0.25) is 14.2 Å². The summed E-state index contributed by atoms with van der Waals surface area (Å²) in [6.45, 7) is 3.83. The largest absolute Gasteiger partial charge is 0.353 e. The Bertz CT molecular complexity index is 926. The van der Waals surface area contributed by atoms with E-state index < -0.39 is 0 Å². The number of fused-ring (bicyclic) bond motifs is 1. The van der Waals surface area contributed by atoms with Gasteiger partial charge < -0.3 is 5.32 Å². The fourth-order valence-corrected chi connectivity index (χ4v) is 4.87. The van der Waals surface area contributed by atoms with Gasteiger partial charge >= 0.3 is 0 Å². The van der Waals surface area contributed by atoms with Gasteiger partial charge in [0.15, 0.2) is 5.16 Å². The van der Waals surface area contributed by atoms with Crippen LogP contribution in [0.15, 0.2) is 32.8 Å². The van der Waals surface area contributed by atoms with E-state index in [0.717, 1.165) is 10.4 Å². The van der Waals surface area contributed by atoms with Gasteiger partial charge in [-0.05, 0) is 25.3 Å². The molecule has 3 aromatic heterocycles. The summed E-state index contributed by atoms with van der Waals surface area (Å²) in [6.07, 6.45) is 0. The summed E-state index contributed by atoms with van der Waals surface area (Å²) in [5.41, 5.74) is 0.864. The summed E-state index contributed by atoms with van der Waals surface area (Å²) in [5.74, 6) is 0.183. The van der Waals surface area contributed by atoms with Gasteiger partial charge in [-0.15, -0.1) is 22.7 Å². The molecule has 0 aliphatic carbocycles. The Morgan fingerprint density at radius 3 is 2.88 bits per heavy atom. The van der Waals surface area contributed by atoms with E-state index in [4.69, 9.17) is 0 Å². The minimum absolute atomic E-state index is 0.0604. The maximum atomic E-state index is 12.8. The van der Waals surface area contributed by atoms with Crippen LogP contribution in [0.5, 0.6) is 0 Å². The van der Waals surface area contributed by atoms with Gasteiger partial charge in [0.25, 0.3) is 5.56 Å². The number of carbonyl (C=O) groups is 1. The van der Waals surface area contributed by atoms with Crippen molar-refractivity contribution in [2.24, 2.45) is 7.05 Å². The molecule has 24 heavy (non-hydrogen) atoms. The highest BCUT2D eigenvalue weighted by molar-refractivity contribution is 7.99. The lowest BCUT2D eigenvalue weighted by Gasteiger charge is -2.09. The molecule has 0 unspecified atom stereocenters. The summed E-state index contributed by atoms with van der Waals surface area (Å²) in [6, 6.07) is 4.08. The number of aromatic nitrogens is 2. The Morgan fingerprint density at radius 1 is 1.42 bits per heavy atom. The average molecular weight is 380 g/mol. The molecule has 0 spiro atoms. The Kier molecular flexibility index (Phi) is 5.07. The second kappa shape index (κ2) is 7.08. The molecule has 0 saturated heterocycles. The highest BCUT2D eigenvalue weighted by atomic mass is 32.2. The fraction of sp³-hybridized carbons (Fsp3) is 0.312. The molecule has 0 atom stereocenters. The van der Waals surface area contributed by atoms with Crippen LogP contribution >= 0.6 is 34.4 Å². The molecule has 1 amide bonds. The SMILES string of the molecule is CC(C)NC(=O)CSc1nc2scc(-c3cccs3)c2c(=O)n1C. The number of hydrogen-bond donors (Lipinski definition) is 1. The molecule has 0 fully saturated rings. The monoisotopic (exact) mass is 379 g/mol. The Balaban J connectivity index is 1.94. The molecule has 0 saturated carbocycles. The van der Waals surface area contributed by atoms with Crippen LogP contribution in [0, 0.1) is 0 Å². The van der Waals surface area contributed by atoms with E-state index >= 15 is 0 Å². The first-order valence-electron chi connectivity index (χ1n) is 7.41. The van der Waals surface area contributed by atoms with E-state index in [1.54, 1.807) is 18.4 Å². The van der Waals surface area contributed by atoms with Crippen LogP contribution in [-0.4, -0.2) is 27.3 Å². The predicted octanol–water partition coefficient (Wildman–Crippen LogP) is 3.34. The number of carbonyl (C=O) groups excluding carboxylic acids is 1. The van der Waals surface area contributed by atoms with E-state index in [1.807, 2.05) is 36.7 Å². The third kappa shape index (κ3) is 3.40. The van der Waals surface area contributed by atoms with Crippen molar-refractivity contribution in [2.45, 2.75) is 25.0 Å². The highest BCUT2D eigenvalue weighted by Gasteiger charge is 2.17. The average Bonchev–Trinajstić information content (AvgIpc) is 3.17. The zero-order valence-electron chi connectivity index (χ0n) is 13.5. The van der Waals surface area contributed by atoms with Crippen LogP contribution in [0.3, 0.4) is 0 Å². The number of rotatable bonds is 5. The molecule has 5 nitrogen and oxygen atoms in total. The van der Waals surface area contributed by atoms with Crippen molar-refractivity contribution in [2.75, 3.05) is 5.75 Å². The molecule has 3 rings (SSSR count). The van der Waals surface area contributed by atoms with E-state index in [0.29, 0.717) is 15.4 Å². The maximum absolute atomic E-state index is 12.8. The summed E-state index contributed by atoms with van der Waals surface area (Å²) in [5, 5.41) is 8.02. The van der Waals surface area contributed by atoms with Crippen molar-refractivity contribution in [3.05, 3.63) is 33.2 Å². The van der Waals surface area contributed by atoms with Gasteiger partial charge in [0.1, 0.15) is 4.83 Å². The number of hydrogen-bond acceptors (Lipinski definition) is 6. The van der Waals surface area contributed by atoms with Gasteiger partial charge in [-0.25, -0.2) is 4.98 Å². The smallest absolute Gasteiger partial charge is 0.263 e. The molecule has 0 radical (unpaired) electrons. The molecular formula is C16H17N3O2S3. The molecule has 0 bridgehead atoms. The van der Waals surface area contributed by atoms with E-state index in [-0.39, 0.29) is 23.3 Å². The first-order chi connectivity index (χ1) is 11.5. The van der Waals surface area contributed by atoms with Crippen LogP contribution in [0.2, 0.25) is 0 Å². The molecule has 1 N–H and O–H groups in total. The van der Waals surface area contributed by atoms with Crippen LogP contribution in [-0.2, 0) is 11.8 Å². The first kappa shape index (κ1) is 17.2. The molecule has 0 aliphatic heterocycles. The normalized spacial score (nSPS) is 11.3. The standard InChI is InChI=1S/C16H17N3O2S3/c1-9(2)17-12(20)8-24-16-18-14-13(15(21)19(16)3)10(7-23-14)11-5-4-6-22-11/h4-7,9H,8H2,1-3H3,(H,17,20). The lowest BCUT2D eigenvalue weighted by molar-refractivity contribution is -0.119. The van der Waals surface area contributed by atoms with Crippen molar-refractivity contribution in [3.63, 3.8) is 0 Å². The molecular weight excluding hydrogens is 362 g/mol. The van der Waals surface area contributed by atoms with Gasteiger partial charge in [0.05, 0.1) is 11.1 Å². The molecule has 126 valence electrons. The summed E-state index contributed by atoms with van der Waals surface area (Å²) in [7, 11) is 1.70. The molecule has 8 heteroatoms. The van der Waals surface area contributed by atoms with Crippen molar-refractivity contribution < 1.29 is 4.79 Å². The number of amides is 1. The highest BCUT2D eigenvalue weighted by Crippen LogP contribution is 2.34. The quantitative estimate of drug-likeness (QED) is 0.545. The van der Waals surface area contributed by atoms with Crippen LogP contribution < -0.4 is 10.9 Å².